The Balaban J connectivity index is 1.50. The maximum absolute atomic E-state index is 13.5. The summed E-state index contributed by atoms with van der Waals surface area (Å²) in [5.74, 6) is 2.97. The highest BCUT2D eigenvalue weighted by Gasteiger charge is 2.44. The van der Waals surface area contributed by atoms with Gasteiger partial charge < -0.3 is 23.7 Å². The largest absolute Gasteiger partial charge is 0.497 e. The molecule has 4 heterocycles. The number of rotatable bonds is 9. The lowest BCUT2D eigenvalue weighted by molar-refractivity contribution is -0.0473. The van der Waals surface area contributed by atoms with Crippen molar-refractivity contribution in [3.63, 3.8) is 0 Å². The molecule has 5 atom stereocenters. The van der Waals surface area contributed by atoms with Crippen molar-refractivity contribution in [2.45, 2.75) is 25.0 Å². The fourth-order valence-corrected chi connectivity index (χ4v) is 5.98. The average Bonchev–Trinajstić information content (AvgIpc) is 2.98. The van der Waals surface area contributed by atoms with Gasteiger partial charge in [0.15, 0.2) is 11.5 Å². The van der Waals surface area contributed by atoms with Crippen LogP contribution >= 0.6 is 0 Å². The molecule has 0 saturated carbocycles. The Bertz CT molecular complexity index is 1340. The summed E-state index contributed by atoms with van der Waals surface area (Å²) in [5, 5.41) is 3.76. The van der Waals surface area contributed by atoms with Gasteiger partial charge in [0.05, 0.1) is 45.7 Å². The summed E-state index contributed by atoms with van der Waals surface area (Å²) in [7, 11) is 6.23. The van der Waals surface area contributed by atoms with Crippen LogP contribution < -0.4 is 24.3 Å². The molecule has 0 spiro atoms. The van der Waals surface area contributed by atoms with E-state index in [1.54, 1.807) is 25.4 Å². The lowest BCUT2D eigenvalue weighted by atomic mass is 9.73. The number of carbonyl (C=O) groups excluding carboxylic acids is 1. The monoisotopic (exact) mass is 533 g/mol. The van der Waals surface area contributed by atoms with Gasteiger partial charge in [-0.05, 0) is 55.5 Å². The third-order valence-corrected chi connectivity index (χ3v) is 7.94. The third-order valence-electron chi connectivity index (χ3n) is 7.94. The van der Waals surface area contributed by atoms with Gasteiger partial charge in [-0.1, -0.05) is 6.08 Å². The molecule has 9 heteroatoms. The lowest BCUT2D eigenvalue weighted by Gasteiger charge is -2.51. The fourth-order valence-electron chi connectivity index (χ4n) is 5.98. The molecule has 3 aliphatic rings. The Morgan fingerprint density at radius 1 is 1.08 bits per heavy atom. The van der Waals surface area contributed by atoms with Gasteiger partial charge in [0.2, 0.25) is 5.75 Å². The molecule has 1 N–H and O–H groups in total. The van der Waals surface area contributed by atoms with Crippen LogP contribution in [0.25, 0.3) is 10.9 Å². The first-order valence-electron chi connectivity index (χ1n) is 13.1. The molecule has 1 unspecified atom stereocenters. The van der Waals surface area contributed by atoms with E-state index in [0.717, 1.165) is 48.1 Å². The number of amides is 1. The molecule has 6 rings (SSSR count). The molecule has 3 aliphatic heterocycles. The van der Waals surface area contributed by atoms with Crippen molar-refractivity contribution in [2.24, 2.45) is 11.8 Å². The number of hydrogen-bond acceptors (Lipinski definition) is 8. The summed E-state index contributed by atoms with van der Waals surface area (Å²) >= 11 is 0. The van der Waals surface area contributed by atoms with Gasteiger partial charge >= 0.3 is 6.09 Å². The molecule has 2 aromatic carbocycles. The quantitative estimate of drug-likeness (QED) is 0.363. The normalized spacial score (nSPS) is 22.6. The number of nitrogens with zero attached hydrogens (tertiary/aromatic N) is 2. The number of anilines is 1. The summed E-state index contributed by atoms with van der Waals surface area (Å²) in [6.45, 7) is 5.91. The number of benzene rings is 2. The van der Waals surface area contributed by atoms with E-state index in [2.05, 4.69) is 27.9 Å². The van der Waals surface area contributed by atoms with Crippen molar-refractivity contribution < 1.29 is 28.5 Å². The van der Waals surface area contributed by atoms with Gasteiger partial charge in [-0.2, -0.15) is 0 Å². The number of hydrogen-bond donors (Lipinski definition) is 1. The molecule has 39 heavy (non-hydrogen) atoms. The zero-order valence-corrected chi connectivity index (χ0v) is 22.8. The molecule has 3 fully saturated rings. The Kier molecular flexibility index (Phi) is 7.79. The van der Waals surface area contributed by atoms with Crippen LogP contribution in [-0.4, -0.2) is 63.5 Å². The Labute approximate surface area is 228 Å². The number of piperidine rings is 3. The summed E-state index contributed by atoms with van der Waals surface area (Å²) in [4.78, 5) is 20.4. The molecule has 0 aliphatic carbocycles. The van der Waals surface area contributed by atoms with Crippen molar-refractivity contribution in [2.75, 3.05) is 46.8 Å². The molecule has 9 nitrogen and oxygen atoms in total. The fraction of sp³-hybridized carbons (Fsp3) is 0.400. The highest BCUT2D eigenvalue weighted by molar-refractivity contribution is 5.87. The first-order chi connectivity index (χ1) is 19.0. The van der Waals surface area contributed by atoms with Gasteiger partial charge in [0.1, 0.15) is 11.9 Å². The molecular formula is C30H35N3O6. The predicted molar refractivity (Wildman–Crippen MR) is 149 cm³/mol. The van der Waals surface area contributed by atoms with Crippen molar-refractivity contribution in [3.05, 3.63) is 60.8 Å². The number of ether oxygens (including phenoxy) is 5. The summed E-state index contributed by atoms with van der Waals surface area (Å²) in [6, 6.07) is 11.1. The topological polar surface area (TPSA) is 91.4 Å². The van der Waals surface area contributed by atoms with E-state index in [1.165, 1.54) is 21.3 Å². The maximum atomic E-state index is 13.5. The first-order valence-corrected chi connectivity index (χ1v) is 13.1. The van der Waals surface area contributed by atoms with Crippen molar-refractivity contribution in [1.29, 1.82) is 0 Å². The highest BCUT2D eigenvalue weighted by Crippen LogP contribution is 2.44. The number of carbonyl (C=O) groups is 1. The van der Waals surface area contributed by atoms with Crippen LogP contribution in [0.2, 0.25) is 0 Å². The van der Waals surface area contributed by atoms with Gasteiger partial charge in [-0.25, -0.2) is 4.79 Å². The van der Waals surface area contributed by atoms with Crippen LogP contribution in [0.5, 0.6) is 23.0 Å². The van der Waals surface area contributed by atoms with Gasteiger partial charge in [-0.3, -0.25) is 15.2 Å². The average molecular weight is 534 g/mol. The lowest BCUT2D eigenvalue weighted by Crippen LogP contribution is -2.55. The number of aromatic nitrogens is 1. The molecule has 0 radical (unpaired) electrons. The predicted octanol–water partition coefficient (Wildman–Crippen LogP) is 5.46. The van der Waals surface area contributed by atoms with E-state index in [-0.39, 0.29) is 6.04 Å². The number of nitrogens with one attached hydrogen (secondary N) is 1. The van der Waals surface area contributed by atoms with Crippen molar-refractivity contribution in [3.8, 4) is 23.0 Å². The summed E-state index contributed by atoms with van der Waals surface area (Å²) in [5.41, 5.74) is 2.17. The Morgan fingerprint density at radius 3 is 2.46 bits per heavy atom. The van der Waals surface area contributed by atoms with Gasteiger partial charge in [0.25, 0.3) is 0 Å². The minimum Gasteiger partial charge on any atom is -0.497 e. The molecule has 3 aromatic rings. The zero-order chi connectivity index (χ0) is 27.5. The second kappa shape index (κ2) is 11.4. The number of fused-ring (bicyclic) bond motifs is 4. The van der Waals surface area contributed by atoms with Crippen LogP contribution in [0.4, 0.5) is 10.5 Å². The SMILES string of the molecule is C=C[C@@H]1CN2CC[C@H]1C[C@H]2[C@H](OC(=O)Nc1cc(OC)c(OC)c(OC)c1)c1ccnc2ccc(OC)cc12. The molecule has 3 saturated heterocycles. The first kappa shape index (κ1) is 26.6. The van der Waals surface area contributed by atoms with Gasteiger partial charge in [-0.15, -0.1) is 6.58 Å². The summed E-state index contributed by atoms with van der Waals surface area (Å²) in [6.07, 6.45) is 4.74. The standard InChI is InChI=1S/C30H35N3O6/c1-6-18-17-33-12-10-19(18)13-25(33)28(22-9-11-31-24-8-7-21(35-2)16-23(22)24)39-30(34)32-20-14-26(36-3)29(38-5)27(15-20)37-4/h6-9,11,14-16,18-19,25,28H,1,10,12-13,17H2,2-5H3,(H,32,34)/t18-,19+,25+,28-/m1/s1. The minimum absolute atomic E-state index is 0.0161. The van der Waals surface area contributed by atoms with Crippen LogP contribution in [0.3, 0.4) is 0 Å². The van der Waals surface area contributed by atoms with Crippen molar-refractivity contribution >= 4 is 22.7 Å². The smallest absolute Gasteiger partial charge is 0.412 e. The Morgan fingerprint density at radius 2 is 1.85 bits per heavy atom. The third kappa shape index (κ3) is 5.18. The second-order valence-corrected chi connectivity index (χ2v) is 9.89. The van der Waals surface area contributed by atoms with E-state index >= 15 is 0 Å². The Hall–Kier alpha value is -3.98. The van der Waals surface area contributed by atoms with Crippen LogP contribution in [-0.2, 0) is 4.74 Å². The van der Waals surface area contributed by atoms with Gasteiger partial charge in [0, 0.05) is 35.8 Å². The number of pyridine rings is 1. The van der Waals surface area contributed by atoms with Crippen molar-refractivity contribution in [1.82, 2.24) is 9.88 Å². The minimum atomic E-state index is -0.579. The molecule has 206 valence electrons. The van der Waals surface area contributed by atoms with E-state index in [4.69, 9.17) is 23.7 Å². The van der Waals surface area contributed by atoms with Crippen LogP contribution in [0.1, 0.15) is 24.5 Å². The molecule has 1 aromatic heterocycles. The maximum Gasteiger partial charge on any atom is 0.412 e. The summed E-state index contributed by atoms with van der Waals surface area (Å²) < 4.78 is 28.1. The zero-order valence-electron chi connectivity index (χ0n) is 22.8. The highest BCUT2D eigenvalue weighted by atomic mass is 16.6. The van der Waals surface area contributed by atoms with E-state index in [9.17, 15) is 4.79 Å². The van der Waals surface area contributed by atoms with E-state index in [1.807, 2.05) is 24.3 Å². The van der Waals surface area contributed by atoms with E-state index < -0.39 is 12.2 Å². The molecular weight excluding hydrogens is 498 g/mol. The van der Waals surface area contributed by atoms with Crippen LogP contribution in [0.15, 0.2) is 55.3 Å². The van der Waals surface area contributed by atoms with E-state index in [0.29, 0.717) is 34.8 Å². The molecule has 1 amide bonds. The number of methoxy groups -OCH3 is 4. The second-order valence-electron chi connectivity index (χ2n) is 9.89. The van der Waals surface area contributed by atoms with Crippen LogP contribution in [0, 0.1) is 11.8 Å². The molecule has 2 bridgehead atoms.